The predicted octanol–water partition coefficient (Wildman–Crippen LogP) is 5.68. The fourth-order valence-electron chi connectivity index (χ4n) is 5.09. The molecule has 0 N–H and O–H groups in total. The molecule has 1 fully saturated rings. The Hall–Kier alpha value is -3.17. The molecule has 1 aliphatic rings. The lowest BCUT2D eigenvalue weighted by Crippen LogP contribution is -2.40. The van der Waals surface area contributed by atoms with Gasteiger partial charge in [0.2, 0.25) is 0 Å². The zero-order valence-electron chi connectivity index (χ0n) is 21.2. The van der Waals surface area contributed by atoms with Gasteiger partial charge in [0.15, 0.2) is 19.8 Å². The van der Waals surface area contributed by atoms with Crippen molar-refractivity contribution in [3.8, 4) is 11.5 Å². The van der Waals surface area contributed by atoms with Gasteiger partial charge in [-0.3, -0.25) is 0 Å². The Balaban J connectivity index is 1.36. The first-order valence-electron chi connectivity index (χ1n) is 12.9. The first-order valence-corrected chi connectivity index (χ1v) is 15.4. The fraction of sp³-hybridized carbons (Fsp3) is 0.407. The van der Waals surface area contributed by atoms with E-state index in [1.54, 1.807) is 23.0 Å². The van der Waals surface area contributed by atoms with Crippen LogP contribution in [0.1, 0.15) is 32.8 Å². The minimum Gasteiger partial charge on any atom is -0.412 e. The molecule has 4 aromatic rings. The average molecular weight is 505 g/mol. The number of rotatable bonds is 9. The van der Waals surface area contributed by atoms with Gasteiger partial charge >= 0.3 is 0 Å². The van der Waals surface area contributed by atoms with Crippen molar-refractivity contribution >= 4 is 25.0 Å². The Labute approximate surface area is 212 Å². The van der Waals surface area contributed by atoms with Gasteiger partial charge in [-0.1, -0.05) is 39.0 Å². The molecular formula is C27H33FN6OSi. The average Bonchev–Trinajstić information content (AvgIpc) is 3.54. The molecule has 0 spiro atoms. The molecule has 1 saturated heterocycles. The van der Waals surface area contributed by atoms with Gasteiger partial charge in [-0.25, -0.2) is 24.0 Å². The lowest BCUT2D eigenvalue weighted by Gasteiger charge is -2.31. The Morgan fingerprint density at radius 3 is 2.47 bits per heavy atom. The molecule has 0 saturated carbocycles. The van der Waals surface area contributed by atoms with E-state index in [1.807, 2.05) is 30.6 Å². The fourth-order valence-corrected chi connectivity index (χ4v) is 7.99. The molecule has 0 aliphatic carbocycles. The Morgan fingerprint density at radius 1 is 1.00 bits per heavy atom. The van der Waals surface area contributed by atoms with Gasteiger partial charge < -0.3 is 9.33 Å². The normalized spacial score (nSPS) is 16.2. The highest BCUT2D eigenvalue weighted by Crippen LogP contribution is 2.30. The van der Waals surface area contributed by atoms with Gasteiger partial charge in [0.05, 0.1) is 36.1 Å². The quantitative estimate of drug-likeness (QED) is 0.273. The summed E-state index contributed by atoms with van der Waals surface area (Å²) in [4.78, 5) is 16.1. The van der Waals surface area contributed by atoms with Gasteiger partial charge in [0, 0.05) is 24.8 Å². The third-order valence-electron chi connectivity index (χ3n) is 7.49. The predicted molar refractivity (Wildman–Crippen MR) is 143 cm³/mol. The van der Waals surface area contributed by atoms with Crippen LogP contribution in [0.15, 0.2) is 55.0 Å². The number of fused-ring (bicyclic) bond motifs is 1. The van der Waals surface area contributed by atoms with Crippen LogP contribution in [0.2, 0.25) is 18.1 Å². The molecule has 0 amide bonds. The molecular weight excluding hydrogens is 471 g/mol. The molecule has 188 valence electrons. The summed E-state index contributed by atoms with van der Waals surface area (Å²) in [6.45, 7) is 8.92. The van der Waals surface area contributed by atoms with Crippen molar-refractivity contribution in [2.24, 2.45) is 0 Å². The molecule has 1 aliphatic heterocycles. The van der Waals surface area contributed by atoms with E-state index in [4.69, 9.17) is 9.52 Å². The van der Waals surface area contributed by atoms with E-state index in [2.05, 4.69) is 40.6 Å². The number of benzene rings is 1. The second-order valence-corrected chi connectivity index (χ2v) is 14.2. The number of nitrogens with zero attached hydrogens (tertiary/aromatic N) is 6. The summed E-state index contributed by atoms with van der Waals surface area (Å²) in [5.41, 5.74) is 2.88. The van der Waals surface area contributed by atoms with Crippen LogP contribution in [0.4, 0.5) is 10.1 Å². The summed E-state index contributed by atoms with van der Waals surface area (Å²) >= 11 is 0. The molecule has 9 heteroatoms. The van der Waals surface area contributed by atoms with Crippen molar-refractivity contribution in [1.82, 2.24) is 24.7 Å². The van der Waals surface area contributed by atoms with Crippen LogP contribution in [-0.2, 0) is 11.0 Å². The van der Waals surface area contributed by atoms with Crippen LogP contribution < -0.4 is 4.90 Å². The maximum absolute atomic E-state index is 14.3. The maximum Gasteiger partial charge on any atom is 0.192 e. The molecule has 1 aromatic carbocycles. The monoisotopic (exact) mass is 504 g/mol. The van der Waals surface area contributed by atoms with E-state index in [0.717, 1.165) is 30.6 Å². The molecule has 0 radical (unpaired) electrons. The SMILES string of the molecule is CC[Si](CC)(CC)O[C@@H]1CCN(c2cnc(-c3nn(Cc4ccccc4F)c4ncccc34)nc2)C1. The Bertz CT molecular complexity index is 1320. The number of hydrogen-bond donors (Lipinski definition) is 0. The van der Waals surface area contributed by atoms with Crippen molar-refractivity contribution in [2.45, 2.75) is 58.0 Å². The van der Waals surface area contributed by atoms with Gasteiger partial charge in [0.25, 0.3) is 0 Å². The summed E-state index contributed by atoms with van der Waals surface area (Å²) in [7, 11) is -1.62. The van der Waals surface area contributed by atoms with Crippen molar-refractivity contribution in [1.29, 1.82) is 0 Å². The molecule has 7 nitrogen and oxygen atoms in total. The van der Waals surface area contributed by atoms with Crippen molar-refractivity contribution in [2.75, 3.05) is 18.0 Å². The molecule has 1 atom stereocenters. The van der Waals surface area contributed by atoms with E-state index >= 15 is 0 Å². The minimum absolute atomic E-state index is 0.260. The van der Waals surface area contributed by atoms with Crippen LogP contribution in [0.5, 0.6) is 0 Å². The van der Waals surface area contributed by atoms with Crippen LogP contribution in [0.25, 0.3) is 22.6 Å². The maximum atomic E-state index is 14.3. The first-order chi connectivity index (χ1) is 17.6. The first kappa shape index (κ1) is 24.5. The molecule has 5 rings (SSSR count). The van der Waals surface area contributed by atoms with Gasteiger partial charge in [-0.15, -0.1) is 0 Å². The molecule has 4 heterocycles. The van der Waals surface area contributed by atoms with E-state index < -0.39 is 8.32 Å². The molecule has 3 aromatic heterocycles. The van der Waals surface area contributed by atoms with Crippen LogP contribution >= 0.6 is 0 Å². The minimum atomic E-state index is -1.62. The van der Waals surface area contributed by atoms with E-state index in [0.29, 0.717) is 22.7 Å². The van der Waals surface area contributed by atoms with E-state index in [9.17, 15) is 4.39 Å². The molecule has 36 heavy (non-hydrogen) atoms. The van der Waals surface area contributed by atoms with Crippen molar-refractivity contribution in [3.63, 3.8) is 0 Å². The second kappa shape index (κ2) is 10.4. The smallest absolute Gasteiger partial charge is 0.192 e. The summed E-state index contributed by atoms with van der Waals surface area (Å²) in [5, 5.41) is 5.58. The molecule has 0 bridgehead atoms. The van der Waals surface area contributed by atoms with Crippen molar-refractivity contribution in [3.05, 3.63) is 66.4 Å². The van der Waals surface area contributed by atoms with E-state index in [-0.39, 0.29) is 18.5 Å². The molecule has 0 unspecified atom stereocenters. The van der Waals surface area contributed by atoms with Gasteiger partial charge in [-0.2, -0.15) is 5.10 Å². The highest BCUT2D eigenvalue weighted by Gasteiger charge is 2.35. The number of halogens is 1. The van der Waals surface area contributed by atoms with Gasteiger partial charge in [-0.05, 0) is 42.8 Å². The number of anilines is 1. The lowest BCUT2D eigenvalue weighted by molar-refractivity contribution is 0.209. The van der Waals surface area contributed by atoms with Crippen LogP contribution in [0, 0.1) is 5.82 Å². The number of hydrogen-bond acceptors (Lipinski definition) is 6. The second-order valence-electron chi connectivity index (χ2n) is 9.46. The Morgan fingerprint density at radius 2 is 1.75 bits per heavy atom. The van der Waals surface area contributed by atoms with Crippen LogP contribution in [0.3, 0.4) is 0 Å². The number of aromatic nitrogens is 5. The summed E-state index contributed by atoms with van der Waals surface area (Å²) < 4.78 is 22.7. The van der Waals surface area contributed by atoms with Crippen LogP contribution in [-0.4, -0.2) is 52.2 Å². The third kappa shape index (κ3) is 4.77. The summed E-state index contributed by atoms with van der Waals surface area (Å²) in [6, 6.07) is 14.0. The standard InChI is InChI=1S/C27H33FN6OSi/c1-4-36(5-2,6-3)35-22-13-15-33(19-22)21-16-30-26(31-17-21)25-23-11-9-14-29-27(23)34(32-25)18-20-10-7-8-12-24(20)28/h7-12,14,16-17,22H,4-6,13,15,18-19H2,1-3H3/t22-/m1/s1. The largest absolute Gasteiger partial charge is 0.412 e. The van der Waals surface area contributed by atoms with Gasteiger partial charge in [0.1, 0.15) is 11.5 Å². The lowest BCUT2D eigenvalue weighted by atomic mass is 10.2. The summed E-state index contributed by atoms with van der Waals surface area (Å²) in [5.74, 6) is 0.272. The zero-order chi connectivity index (χ0) is 25.1. The topological polar surface area (TPSA) is 69.0 Å². The summed E-state index contributed by atoms with van der Waals surface area (Å²) in [6.07, 6.45) is 6.77. The third-order valence-corrected chi connectivity index (χ3v) is 12.2. The van der Waals surface area contributed by atoms with E-state index in [1.165, 1.54) is 24.2 Å². The highest BCUT2D eigenvalue weighted by molar-refractivity contribution is 6.73. The number of pyridine rings is 1. The van der Waals surface area contributed by atoms with Crippen molar-refractivity contribution < 1.29 is 8.82 Å². The highest BCUT2D eigenvalue weighted by atomic mass is 28.4. The Kier molecular flexibility index (Phi) is 7.11. The zero-order valence-corrected chi connectivity index (χ0v) is 22.2.